The van der Waals surface area contributed by atoms with Crippen LogP contribution in [0.25, 0.3) is 0 Å². The molecule has 1 aromatic rings. The van der Waals surface area contributed by atoms with E-state index in [1.807, 2.05) is 32.9 Å². The molecule has 106 valence electrons. The molecule has 0 spiro atoms. The highest BCUT2D eigenvalue weighted by atomic mass is 79.9. The van der Waals surface area contributed by atoms with Gasteiger partial charge in [0.1, 0.15) is 5.60 Å². The van der Waals surface area contributed by atoms with E-state index in [0.29, 0.717) is 0 Å². The lowest BCUT2D eigenvalue weighted by molar-refractivity contribution is 0.0503. The monoisotopic (exact) mass is 327 g/mol. The van der Waals surface area contributed by atoms with Gasteiger partial charge in [-0.3, -0.25) is 0 Å². The van der Waals surface area contributed by atoms with Crippen molar-refractivity contribution in [1.29, 1.82) is 0 Å². The molecule has 19 heavy (non-hydrogen) atoms. The maximum absolute atomic E-state index is 11.7. The standard InChI is InChI=1S/C15H22BrNO2/c1-5-13(17-14(18)19-15(2,3)4)10-11-6-8-12(16)9-7-11/h6-9,13H,5,10H2,1-4H3,(H,17,18)/t13-/m1/s1. The summed E-state index contributed by atoms with van der Waals surface area (Å²) in [6, 6.07) is 8.23. The van der Waals surface area contributed by atoms with E-state index < -0.39 is 5.60 Å². The van der Waals surface area contributed by atoms with Crippen molar-refractivity contribution in [1.82, 2.24) is 5.32 Å². The molecule has 3 nitrogen and oxygen atoms in total. The summed E-state index contributed by atoms with van der Waals surface area (Å²) < 4.78 is 6.33. The first kappa shape index (κ1) is 16.0. The lowest BCUT2D eigenvalue weighted by atomic mass is 10.0. The molecule has 1 amide bonds. The molecular formula is C15H22BrNO2. The molecule has 0 bridgehead atoms. The normalized spacial score (nSPS) is 12.9. The number of nitrogens with one attached hydrogen (secondary N) is 1. The number of hydrogen-bond donors (Lipinski definition) is 1. The Morgan fingerprint density at radius 3 is 2.37 bits per heavy atom. The van der Waals surface area contributed by atoms with Crippen LogP contribution in [0.5, 0.6) is 0 Å². The van der Waals surface area contributed by atoms with Crippen LogP contribution in [0, 0.1) is 0 Å². The van der Waals surface area contributed by atoms with Crippen molar-refractivity contribution >= 4 is 22.0 Å². The Morgan fingerprint density at radius 1 is 1.32 bits per heavy atom. The van der Waals surface area contributed by atoms with Crippen LogP contribution in [0.2, 0.25) is 0 Å². The Bertz CT molecular complexity index is 409. The summed E-state index contributed by atoms with van der Waals surface area (Å²) in [5.41, 5.74) is 0.742. The van der Waals surface area contributed by atoms with Gasteiger partial charge in [-0.25, -0.2) is 4.79 Å². The van der Waals surface area contributed by atoms with Crippen molar-refractivity contribution in [2.24, 2.45) is 0 Å². The second-order valence-corrected chi connectivity index (χ2v) is 6.50. The van der Waals surface area contributed by atoms with E-state index in [1.165, 1.54) is 5.56 Å². The fourth-order valence-electron chi connectivity index (χ4n) is 1.68. The Kier molecular flexibility index (Phi) is 5.85. The molecule has 1 rings (SSSR count). The fourth-order valence-corrected chi connectivity index (χ4v) is 1.94. The minimum absolute atomic E-state index is 0.0935. The van der Waals surface area contributed by atoms with Crippen LogP contribution in [-0.4, -0.2) is 17.7 Å². The first-order valence-corrected chi connectivity index (χ1v) is 7.33. The lowest BCUT2D eigenvalue weighted by Crippen LogP contribution is -2.39. The Hall–Kier alpha value is -1.03. The minimum Gasteiger partial charge on any atom is -0.444 e. The SMILES string of the molecule is CC[C@H](Cc1ccc(Br)cc1)NC(=O)OC(C)(C)C. The lowest BCUT2D eigenvalue weighted by Gasteiger charge is -2.23. The summed E-state index contributed by atoms with van der Waals surface area (Å²) in [6.45, 7) is 7.65. The number of carbonyl (C=O) groups is 1. The molecule has 0 unspecified atom stereocenters. The molecule has 0 aliphatic heterocycles. The molecular weight excluding hydrogens is 306 g/mol. The quantitative estimate of drug-likeness (QED) is 0.895. The van der Waals surface area contributed by atoms with Gasteiger partial charge in [0.2, 0.25) is 0 Å². The topological polar surface area (TPSA) is 38.3 Å². The van der Waals surface area contributed by atoms with Gasteiger partial charge >= 0.3 is 6.09 Å². The molecule has 0 radical (unpaired) electrons. The van der Waals surface area contributed by atoms with E-state index >= 15 is 0 Å². The van der Waals surface area contributed by atoms with Crippen LogP contribution in [0.3, 0.4) is 0 Å². The summed E-state index contributed by atoms with van der Waals surface area (Å²) in [4.78, 5) is 11.7. The predicted octanol–water partition coefficient (Wildman–Crippen LogP) is 4.29. The molecule has 0 saturated heterocycles. The van der Waals surface area contributed by atoms with Crippen molar-refractivity contribution in [2.45, 2.75) is 52.2 Å². The highest BCUT2D eigenvalue weighted by Gasteiger charge is 2.18. The first-order chi connectivity index (χ1) is 8.80. The summed E-state index contributed by atoms with van der Waals surface area (Å²) in [6.07, 6.45) is 1.33. The molecule has 0 aliphatic rings. The molecule has 0 heterocycles. The van der Waals surface area contributed by atoms with Gasteiger partial charge in [0.25, 0.3) is 0 Å². The average Bonchev–Trinajstić information content (AvgIpc) is 2.28. The van der Waals surface area contributed by atoms with E-state index in [1.54, 1.807) is 0 Å². The van der Waals surface area contributed by atoms with Crippen molar-refractivity contribution in [3.8, 4) is 0 Å². The fraction of sp³-hybridized carbons (Fsp3) is 0.533. The van der Waals surface area contributed by atoms with Gasteiger partial charge in [-0.2, -0.15) is 0 Å². The van der Waals surface area contributed by atoms with Crippen LogP contribution in [0.15, 0.2) is 28.7 Å². The van der Waals surface area contributed by atoms with E-state index in [-0.39, 0.29) is 12.1 Å². The third-order valence-corrected chi connectivity index (χ3v) is 3.14. The number of rotatable bonds is 4. The van der Waals surface area contributed by atoms with Crippen molar-refractivity contribution < 1.29 is 9.53 Å². The van der Waals surface area contributed by atoms with E-state index in [9.17, 15) is 4.79 Å². The Balaban J connectivity index is 2.54. The smallest absolute Gasteiger partial charge is 0.407 e. The second kappa shape index (κ2) is 6.94. The van der Waals surface area contributed by atoms with E-state index in [2.05, 4.69) is 40.3 Å². The maximum atomic E-state index is 11.7. The number of amides is 1. The number of halogens is 1. The van der Waals surface area contributed by atoms with Crippen LogP contribution in [-0.2, 0) is 11.2 Å². The van der Waals surface area contributed by atoms with Gasteiger partial charge in [-0.1, -0.05) is 35.0 Å². The number of hydrogen-bond acceptors (Lipinski definition) is 2. The molecule has 1 aromatic carbocycles. The zero-order valence-corrected chi connectivity index (χ0v) is 13.6. The molecule has 0 fully saturated rings. The van der Waals surface area contributed by atoms with Crippen LogP contribution in [0.4, 0.5) is 4.79 Å². The Labute approximate surface area is 123 Å². The van der Waals surface area contributed by atoms with Crippen LogP contribution >= 0.6 is 15.9 Å². The number of alkyl carbamates (subject to hydrolysis) is 1. The van der Waals surface area contributed by atoms with E-state index in [4.69, 9.17) is 4.74 Å². The highest BCUT2D eigenvalue weighted by Crippen LogP contribution is 2.13. The van der Waals surface area contributed by atoms with E-state index in [0.717, 1.165) is 17.3 Å². The van der Waals surface area contributed by atoms with Gasteiger partial charge < -0.3 is 10.1 Å². The molecule has 0 aliphatic carbocycles. The number of ether oxygens (including phenoxy) is 1. The Morgan fingerprint density at radius 2 is 1.89 bits per heavy atom. The summed E-state index contributed by atoms with van der Waals surface area (Å²) in [7, 11) is 0. The maximum Gasteiger partial charge on any atom is 0.407 e. The predicted molar refractivity (Wildman–Crippen MR) is 81.3 cm³/mol. The van der Waals surface area contributed by atoms with Crippen molar-refractivity contribution in [2.75, 3.05) is 0 Å². The molecule has 1 N–H and O–H groups in total. The summed E-state index contributed by atoms with van der Waals surface area (Å²) in [5.74, 6) is 0. The molecule has 1 atom stereocenters. The average molecular weight is 328 g/mol. The molecule has 4 heteroatoms. The van der Waals surface area contributed by atoms with Gasteiger partial charge in [-0.15, -0.1) is 0 Å². The summed E-state index contributed by atoms with van der Waals surface area (Å²) >= 11 is 3.41. The number of benzene rings is 1. The van der Waals surface area contributed by atoms with Gasteiger partial charge in [0.15, 0.2) is 0 Å². The van der Waals surface area contributed by atoms with Gasteiger partial charge in [-0.05, 0) is 51.3 Å². The minimum atomic E-state index is -0.458. The van der Waals surface area contributed by atoms with Crippen LogP contribution < -0.4 is 5.32 Å². The van der Waals surface area contributed by atoms with Crippen molar-refractivity contribution in [3.05, 3.63) is 34.3 Å². The molecule has 0 saturated carbocycles. The first-order valence-electron chi connectivity index (χ1n) is 6.54. The van der Waals surface area contributed by atoms with Gasteiger partial charge in [0, 0.05) is 10.5 Å². The third-order valence-electron chi connectivity index (χ3n) is 2.61. The zero-order chi connectivity index (χ0) is 14.5. The second-order valence-electron chi connectivity index (χ2n) is 5.58. The molecule has 0 aromatic heterocycles. The summed E-state index contributed by atoms with van der Waals surface area (Å²) in [5, 5.41) is 2.91. The largest absolute Gasteiger partial charge is 0.444 e. The van der Waals surface area contributed by atoms with Crippen molar-refractivity contribution in [3.63, 3.8) is 0 Å². The van der Waals surface area contributed by atoms with Crippen LogP contribution in [0.1, 0.15) is 39.7 Å². The number of carbonyl (C=O) groups excluding carboxylic acids is 1. The van der Waals surface area contributed by atoms with Gasteiger partial charge in [0.05, 0.1) is 0 Å². The third kappa shape index (κ3) is 6.62. The zero-order valence-electron chi connectivity index (χ0n) is 12.0. The highest BCUT2D eigenvalue weighted by molar-refractivity contribution is 9.10.